The standard InChI is InChI=1S/C19H21NO6/c1-23-13-7-11-9-20-19(22)17(12(11)8-14(13)24-2)10-5-15(25-3)18(21)16(6-10)26-4/h5-8,17,21H,9H2,1-4H3,(H,20,22). The van der Waals surface area contributed by atoms with Crippen molar-refractivity contribution in [2.75, 3.05) is 28.4 Å². The van der Waals surface area contributed by atoms with E-state index in [0.717, 1.165) is 11.1 Å². The molecule has 2 aromatic carbocycles. The van der Waals surface area contributed by atoms with Gasteiger partial charge in [-0.15, -0.1) is 0 Å². The molecule has 1 unspecified atom stereocenters. The third kappa shape index (κ3) is 2.85. The molecule has 1 atom stereocenters. The minimum atomic E-state index is -0.595. The van der Waals surface area contributed by atoms with Crippen LogP contribution in [-0.2, 0) is 11.3 Å². The summed E-state index contributed by atoms with van der Waals surface area (Å²) < 4.78 is 21.2. The Morgan fingerprint density at radius 1 is 0.885 bits per heavy atom. The lowest BCUT2D eigenvalue weighted by Gasteiger charge is -2.27. The molecule has 7 nitrogen and oxygen atoms in total. The largest absolute Gasteiger partial charge is 0.502 e. The van der Waals surface area contributed by atoms with Gasteiger partial charge in [0.1, 0.15) is 0 Å². The monoisotopic (exact) mass is 359 g/mol. The highest BCUT2D eigenvalue weighted by atomic mass is 16.5. The molecule has 3 rings (SSSR count). The fraction of sp³-hybridized carbons (Fsp3) is 0.316. The number of methoxy groups -OCH3 is 4. The lowest BCUT2D eigenvalue weighted by Crippen LogP contribution is -2.35. The molecule has 2 aromatic rings. The fourth-order valence-electron chi connectivity index (χ4n) is 3.20. The van der Waals surface area contributed by atoms with Crippen molar-refractivity contribution in [3.05, 3.63) is 41.0 Å². The quantitative estimate of drug-likeness (QED) is 0.851. The Kier molecular flexibility index (Phi) is 4.79. The summed E-state index contributed by atoms with van der Waals surface area (Å²) in [6.07, 6.45) is 0. The van der Waals surface area contributed by atoms with E-state index in [1.54, 1.807) is 26.4 Å². The molecule has 1 aliphatic heterocycles. The number of hydrogen-bond donors (Lipinski definition) is 2. The zero-order valence-electron chi connectivity index (χ0n) is 15.1. The number of ether oxygens (including phenoxy) is 4. The SMILES string of the molecule is COc1cc2c(cc1OC)C(c1cc(OC)c(O)c(OC)c1)C(=O)NC2. The van der Waals surface area contributed by atoms with E-state index >= 15 is 0 Å². The molecule has 1 aliphatic rings. The van der Waals surface area contributed by atoms with E-state index in [0.29, 0.717) is 23.6 Å². The molecule has 0 saturated carbocycles. The molecular formula is C19H21NO6. The Morgan fingerprint density at radius 2 is 1.42 bits per heavy atom. The van der Waals surface area contributed by atoms with Gasteiger partial charge in [0.25, 0.3) is 0 Å². The van der Waals surface area contributed by atoms with Crippen molar-refractivity contribution in [2.24, 2.45) is 0 Å². The summed E-state index contributed by atoms with van der Waals surface area (Å²) in [6.45, 7) is 0.400. The molecule has 7 heteroatoms. The van der Waals surface area contributed by atoms with Crippen molar-refractivity contribution < 1.29 is 28.8 Å². The lowest BCUT2D eigenvalue weighted by atomic mass is 9.84. The molecule has 0 aliphatic carbocycles. The minimum Gasteiger partial charge on any atom is -0.502 e. The number of hydrogen-bond acceptors (Lipinski definition) is 6. The third-order valence-electron chi connectivity index (χ3n) is 4.51. The summed E-state index contributed by atoms with van der Waals surface area (Å²) in [5.41, 5.74) is 2.38. The van der Waals surface area contributed by atoms with Crippen LogP contribution in [0.3, 0.4) is 0 Å². The first kappa shape index (κ1) is 17.7. The van der Waals surface area contributed by atoms with Crippen molar-refractivity contribution in [1.29, 1.82) is 0 Å². The molecule has 0 bridgehead atoms. The number of nitrogens with one attached hydrogen (secondary N) is 1. The van der Waals surface area contributed by atoms with Gasteiger partial charge in [0, 0.05) is 6.54 Å². The van der Waals surface area contributed by atoms with Crippen LogP contribution >= 0.6 is 0 Å². The maximum absolute atomic E-state index is 12.7. The smallest absolute Gasteiger partial charge is 0.232 e. The number of phenolic OH excluding ortho intramolecular Hbond substituents is 1. The summed E-state index contributed by atoms with van der Waals surface area (Å²) >= 11 is 0. The Hall–Kier alpha value is -3.09. The molecule has 1 amide bonds. The maximum atomic E-state index is 12.7. The first-order chi connectivity index (χ1) is 12.5. The van der Waals surface area contributed by atoms with Crippen LogP contribution < -0.4 is 24.3 Å². The van der Waals surface area contributed by atoms with Gasteiger partial charge in [-0.2, -0.15) is 0 Å². The van der Waals surface area contributed by atoms with Crippen LogP contribution in [0.25, 0.3) is 0 Å². The highest BCUT2D eigenvalue weighted by Crippen LogP contribution is 2.43. The van der Waals surface area contributed by atoms with Gasteiger partial charge in [-0.3, -0.25) is 4.79 Å². The van der Waals surface area contributed by atoms with Crippen LogP contribution in [0.4, 0.5) is 0 Å². The summed E-state index contributed by atoms with van der Waals surface area (Å²) in [4.78, 5) is 12.7. The van der Waals surface area contributed by atoms with Crippen LogP contribution in [-0.4, -0.2) is 39.5 Å². The Labute approximate surface area is 151 Å². The van der Waals surface area contributed by atoms with Crippen LogP contribution in [0, 0.1) is 0 Å². The van der Waals surface area contributed by atoms with Crippen LogP contribution in [0.15, 0.2) is 24.3 Å². The van der Waals surface area contributed by atoms with Gasteiger partial charge in [-0.05, 0) is 41.0 Å². The normalized spacial score (nSPS) is 15.7. The molecule has 138 valence electrons. The molecule has 1 heterocycles. The molecule has 0 saturated heterocycles. The average Bonchev–Trinajstić information content (AvgIpc) is 2.67. The van der Waals surface area contributed by atoms with E-state index in [9.17, 15) is 9.90 Å². The van der Waals surface area contributed by atoms with Crippen LogP contribution in [0.5, 0.6) is 28.7 Å². The van der Waals surface area contributed by atoms with Crippen molar-refractivity contribution in [2.45, 2.75) is 12.5 Å². The first-order valence-electron chi connectivity index (χ1n) is 8.01. The number of aromatic hydroxyl groups is 1. The van der Waals surface area contributed by atoms with Crippen molar-refractivity contribution in [1.82, 2.24) is 5.32 Å². The summed E-state index contributed by atoms with van der Waals surface area (Å²) in [6, 6.07) is 6.93. The highest BCUT2D eigenvalue weighted by molar-refractivity contribution is 5.90. The molecule has 0 radical (unpaired) electrons. The number of rotatable bonds is 5. The summed E-state index contributed by atoms with van der Waals surface area (Å²) in [5, 5.41) is 13.0. The average molecular weight is 359 g/mol. The second-order valence-electron chi connectivity index (χ2n) is 5.83. The zero-order valence-corrected chi connectivity index (χ0v) is 15.1. The Balaban J connectivity index is 2.19. The van der Waals surface area contributed by atoms with Crippen molar-refractivity contribution in [3.63, 3.8) is 0 Å². The van der Waals surface area contributed by atoms with Gasteiger partial charge >= 0.3 is 0 Å². The number of amides is 1. The maximum Gasteiger partial charge on any atom is 0.232 e. The van der Waals surface area contributed by atoms with Gasteiger partial charge in [-0.25, -0.2) is 0 Å². The minimum absolute atomic E-state index is 0.109. The molecule has 2 N–H and O–H groups in total. The van der Waals surface area contributed by atoms with Gasteiger partial charge in [0.15, 0.2) is 23.0 Å². The lowest BCUT2D eigenvalue weighted by molar-refractivity contribution is -0.122. The number of benzene rings is 2. The second kappa shape index (κ2) is 7.03. The van der Waals surface area contributed by atoms with Gasteiger partial charge < -0.3 is 29.4 Å². The van der Waals surface area contributed by atoms with E-state index in [-0.39, 0.29) is 23.2 Å². The predicted octanol–water partition coefficient (Wildman–Crippen LogP) is 2.19. The number of fused-ring (bicyclic) bond motifs is 1. The van der Waals surface area contributed by atoms with Gasteiger partial charge in [0.2, 0.25) is 11.7 Å². The fourth-order valence-corrected chi connectivity index (χ4v) is 3.20. The molecular weight excluding hydrogens is 338 g/mol. The van der Waals surface area contributed by atoms with E-state index in [1.807, 2.05) is 12.1 Å². The summed E-state index contributed by atoms with van der Waals surface area (Å²) in [7, 11) is 6.01. The topological polar surface area (TPSA) is 86.2 Å². The van der Waals surface area contributed by atoms with Crippen molar-refractivity contribution >= 4 is 5.91 Å². The van der Waals surface area contributed by atoms with Crippen LogP contribution in [0.2, 0.25) is 0 Å². The van der Waals surface area contributed by atoms with Gasteiger partial charge in [-0.1, -0.05) is 0 Å². The third-order valence-corrected chi connectivity index (χ3v) is 4.51. The van der Waals surface area contributed by atoms with E-state index in [4.69, 9.17) is 18.9 Å². The Morgan fingerprint density at radius 3 is 1.96 bits per heavy atom. The van der Waals surface area contributed by atoms with Gasteiger partial charge in [0.05, 0.1) is 34.4 Å². The predicted molar refractivity (Wildman–Crippen MR) is 94.4 cm³/mol. The number of phenols is 1. The van der Waals surface area contributed by atoms with Crippen LogP contribution in [0.1, 0.15) is 22.6 Å². The summed E-state index contributed by atoms with van der Waals surface area (Å²) in [5.74, 6) is 0.758. The molecule has 0 aromatic heterocycles. The first-order valence-corrected chi connectivity index (χ1v) is 8.01. The van der Waals surface area contributed by atoms with E-state index < -0.39 is 5.92 Å². The molecule has 26 heavy (non-hydrogen) atoms. The number of carbonyl (C=O) groups is 1. The van der Waals surface area contributed by atoms with E-state index in [2.05, 4.69) is 5.32 Å². The molecule has 0 spiro atoms. The zero-order chi connectivity index (χ0) is 18.8. The highest BCUT2D eigenvalue weighted by Gasteiger charge is 2.32. The molecule has 0 fully saturated rings. The van der Waals surface area contributed by atoms with E-state index in [1.165, 1.54) is 14.2 Å². The Bertz CT molecular complexity index is 823. The number of carbonyl (C=O) groups excluding carboxylic acids is 1. The van der Waals surface area contributed by atoms with Crippen molar-refractivity contribution in [3.8, 4) is 28.7 Å². The second-order valence-corrected chi connectivity index (χ2v) is 5.83.